The van der Waals surface area contributed by atoms with E-state index in [0.29, 0.717) is 13.7 Å². The smallest absolute Gasteiger partial charge is 0.205 e. The van der Waals surface area contributed by atoms with Gasteiger partial charge in [-0.1, -0.05) is 11.6 Å². The zero-order chi connectivity index (χ0) is 10.2. The topological polar surface area (TPSA) is 0 Å². The molecule has 1 atom stereocenters. The third kappa shape index (κ3) is 2.78. The first-order valence-electron chi connectivity index (χ1n) is 3.29. The van der Waals surface area contributed by atoms with E-state index in [9.17, 15) is 8.78 Å². The third-order valence-corrected chi connectivity index (χ3v) is 4.65. The molecule has 0 fully saturated rings. The van der Waals surface area contributed by atoms with Gasteiger partial charge in [0.15, 0.2) is 0 Å². The molecule has 0 amide bonds. The van der Waals surface area contributed by atoms with Crippen LogP contribution in [0.25, 0.3) is 0 Å². The van der Waals surface area contributed by atoms with Crippen LogP contribution >= 0.6 is 50.5 Å². The Hall–Kier alpha value is 0.620. The molecule has 0 aliphatic rings. The van der Waals surface area contributed by atoms with Gasteiger partial charge < -0.3 is 0 Å². The molecular formula is C7H5BrCl2F2S. The van der Waals surface area contributed by atoms with Gasteiger partial charge in [0.2, 0.25) is 0 Å². The van der Waals surface area contributed by atoms with E-state index < -0.39 is 11.3 Å². The molecule has 74 valence electrons. The minimum Gasteiger partial charge on any atom is -0.205 e. The number of hydrogen-bond acceptors (Lipinski definition) is 1. The Balaban J connectivity index is 2.96. The van der Waals surface area contributed by atoms with Gasteiger partial charge >= 0.3 is 0 Å². The quantitative estimate of drug-likeness (QED) is 0.667. The maximum absolute atomic E-state index is 12.8. The van der Waals surface area contributed by atoms with Gasteiger partial charge in [-0.05, 0) is 22.0 Å². The van der Waals surface area contributed by atoms with E-state index in [2.05, 4.69) is 15.9 Å². The van der Waals surface area contributed by atoms with Crippen LogP contribution in [0.4, 0.5) is 8.78 Å². The average molecular weight is 310 g/mol. The van der Waals surface area contributed by atoms with Gasteiger partial charge in [0, 0.05) is 11.8 Å². The summed E-state index contributed by atoms with van der Waals surface area (Å²) in [6.07, 6.45) is 0. The highest BCUT2D eigenvalue weighted by Crippen LogP contribution is 2.43. The number of halogens is 5. The van der Waals surface area contributed by atoms with Gasteiger partial charge in [0.1, 0.15) is 5.38 Å². The summed E-state index contributed by atoms with van der Waals surface area (Å²) in [6, 6.07) is 1.45. The molecule has 0 spiro atoms. The standard InChI is InChI=1S/C7H5BrCl2F2S/c1-7(11,12)5(10)4-2-3(9)6(8)13-4/h2,5H,1H3. The fourth-order valence-corrected chi connectivity index (χ4v) is 2.76. The van der Waals surface area contributed by atoms with Crippen LogP contribution in [0.3, 0.4) is 0 Å². The minimum atomic E-state index is -2.94. The fraction of sp³-hybridized carbons (Fsp3) is 0.429. The molecule has 0 aromatic carbocycles. The Labute approximate surface area is 97.0 Å². The highest BCUT2D eigenvalue weighted by Gasteiger charge is 2.35. The average Bonchev–Trinajstić information content (AvgIpc) is 2.29. The lowest BCUT2D eigenvalue weighted by Crippen LogP contribution is -2.16. The van der Waals surface area contributed by atoms with Gasteiger partial charge in [0.25, 0.3) is 5.92 Å². The van der Waals surface area contributed by atoms with Crippen LogP contribution in [0.2, 0.25) is 5.02 Å². The van der Waals surface area contributed by atoms with Crippen LogP contribution in [0.5, 0.6) is 0 Å². The van der Waals surface area contributed by atoms with E-state index in [1.165, 1.54) is 6.07 Å². The normalized spacial score (nSPS) is 14.6. The Morgan fingerprint density at radius 2 is 2.15 bits per heavy atom. The largest absolute Gasteiger partial charge is 0.266 e. The summed E-state index contributed by atoms with van der Waals surface area (Å²) in [7, 11) is 0. The Morgan fingerprint density at radius 1 is 1.62 bits per heavy atom. The van der Waals surface area contributed by atoms with Gasteiger partial charge in [-0.2, -0.15) is 0 Å². The number of thiophene rings is 1. The molecule has 6 heteroatoms. The van der Waals surface area contributed by atoms with Crippen molar-refractivity contribution in [3.8, 4) is 0 Å². The van der Waals surface area contributed by atoms with Gasteiger partial charge in [-0.15, -0.1) is 22.9 Å². The molecule has 1 aromatic rings. The molecule has 0 nitrogen and oxygen atoms in total. The first-order valence-corrected chi connectivity index (χ1v) is 5.71. The lowest BCUT2D eigenvalue weighted by molar-refractivity contribution is 0.0178. The van der Waals surface area contributed by atoms with Crippen molar-refractivity contribution in [2.75, 3.05) is 0 Å². The van der Waals surface area contributed by atoms with Crippen LogP contribution in [-0.2, 0) is 0 Å². The molecule has 0 aliphatic heterocycles. The molecule has 0 N–H and O–H groups in total. The second-order valence-electron chi connectivity index (χ2n) is 2.59. The van der Waals surface area contributed by atoms with Crippen LogP contribution in [0.15, 0.2) is 9.85 Å². The molecule has 0 bridgehead atoms. The molecule has 0 saturated heterocycles. The van der Waals surface area contributed by atoms with Crippen molar-refractivity contribution in [1.29, 1.82) is 0 Å². The molecule has 1 rings (SSSR count). The van der Waals surface area contributed by atoms with Crippen molar-refractivity contribution in [3.63, 3.8) is 0 Å². The molecule has 1 unspecified atom stereocenters. The van der Waals surface area contributed by atoms with Crippen LogP contribution in [-0.4, -0.2) is 5.92 Å². The number of rotatable bonds is 2. The predicted molar refractivity (Wildman–Crippen MR) is 56.2 cm³/mol. The first kappa shape index (κ1) is 11.7. The van der Waals surface area contributed by atoms with Gasteiger partial charge in [0.05, 0.1) is 8.81 Å². The van der Waals surface area contributed by atoms with Gasteiger partial charge in [-0.3, -0.25) is 0 Å². The lowest BCUT2D eigenvalue weighted by atomic mass is 10.2. The predicted octanol–water partition coefficient (Wildman–Crippen LogP) is 5.10. The van der Waals surface area contributed by atoms with Crippen LogP contribution in [0.1, 0.15) is 17.2 Å². The first-order chi connectivity index (χ1) is 5.82. The maximum atomic E-state index is 12.8. The summed E-state index contributed by atoms with van der Waals surface area (Å²) in [4.78, 5) is 0.367. The summed E-state index contributed by atoms with van der Waals surface area (Å²) in [6.45, 7) is 0.784. The summed E-state index contributed by atoms with van der Waals surface area (Å²) in [5.74, 6) is -2.94. The molecule has 1 heterocycles. The van der Waals surface area contributed by atoms with Crippen LogP contribution in [0, 0.1) is 0 Å². The van der Waals surface area contributed by atoms with E-state index in [-0.39, 0.29) is 0 Å². The second-order valence-corrected chi connectivity index (χ2v) is 5.83. The zero-order valence-electron chi connectivity index (χ0n) is 6.45. The van der Waals surface area contributed by atoms with E-state index in [4.69, 9.17) is 23.2 Å². The monoisotopic (exact) mass is 308 g/mol. The Kier molecular flexibility index (Phi) is 3.60. The molecule has 13 heavy (non-hydrogen) atoms. The third-order valence-electron chi connectivity index (χ3n) is 1.36. The van der Waals surface area contributed by atoms with Crippen molar-refractivity contribution < 1.29 is 8.78 Å². The number of hydrogen-bond donors (Lipinski definition) is 0. The number of alkyl halides is 3. The highest BCUT2D eigenvalue weighted by molar-refractivity contribution is 9.11. The summed E-state index contributed by atoms with van der Waals surface area (Å²) in [5, 5.41) is -0.906. The van der Waals surface area contributed by atoms with E-state index in [1.54, 1.807) is 0 Å². The highest BCUT2D eigenvalue weighted by atomic mass is 79.9. The molecule has 1 aromatic heterocycles. The van der Waals surface area contributed by atoms with E-state index in [1.807, 2.05) is 0 Å². The van der Waals surface area contributed by atoms with Gasteiger partial charge in [-0.25, -0.2) is 8.78 Å². The maximum Gasteiger partial charge on any atom is 0.266 e. The van der Waals surface area contributed by atoms with Crippen molar-refractivity contribution >= 4 is 50.5 Å². The molecule has 0 radical (unpaired) electrons. The Bertz CT molecular complexity index is 288. The fourth-order valence-electron chi connectivity index (χ4n) is 0.738. The molecular weight excluding hydrogens is 305 g/mol. The van der Waals surface area contributed by atoms with Crippen molar-refractivity contribution in [3.05, 3.63) is 19.8 Å². The Morgan fingerprint density at radius 3 is 2.46 bits per heavy atom. The summed E-state index contributed by atoms with van der Waals surface area (Å²) in [5.41, 5.74) is 0. The lowest BCUT2D eigenvalue weighted by Gasteiger charge is -2.14. The summed E-state index contributed by atoms with van der Waals surface area (Å²) >= 11 is 15.5. The van der Waals surface area contributed by atoms with Crippen molar-refractivity contribution in [2.24, 2.45) is 0 Å². The SMILES string of the molecule is CC(F)(F)C(Cl)c1cc(Cl)c(Br)s1. The zero-order valence-corrected chi connectivity index (χ0v) is 10.4. The van der Waals surface area contributed by atoms with Crippen molar-refractivity contribution in [2.45, 2.75) is 18.2 Å². The van der Waals surface area contributed by atoms with Crippen LogP contribution < -0.4 is 0 Å². The summed E-state index contributed by atoms with van der Waals surface area (Å²) < 4.78 is 26.1. The molecule has 0 aliphatic carbocycles. The van der Waals surface area contributed by atoms with E-state index in [0.717, 1.165) is 18.3 Å². The van der Waals surface area contributed by atoms with Crippen molar-refractivity contribution in [1.82, 2.24) is 0 Å². The second kappa shape index (κ2) is 4.01. The van der Waals surface area contributed by atoms with E-state index >= 15 is 0 Å². The molecule has 0 saturated carbocycles. The minimum absolute atomic E-state index is 0.367.